The van der Waals surface area contributed by atoms with Crippen LogP contribution in [0, 0.1) is 0 Å². The van der Waals surface area contributed by atoms with Crippen molar-refractivity contribution in [2.75, 3.05) is 7.05 Å². The number of allylic oxidation sites excluding steroid dienone is 1. The highest BCUT2D eigenvalue weighted by atomic mass is 16.1. The lowest BCUT2D eigenvalue weighted by Gasteiger charge is -2.06. The number of nitrogens with one attached hydrogen (secondary N) is 1. The van der Waals surface area contributed by atoms with Gasteiger partial charge in [0, 0.05) is 7.05 Å². The molecule has 1 N–H and O–H groups in total. The summed E-state index contributed by atoms with van der Waals surface area (Å²) in [6.45, 7) is 19.4. The zero-order valence-corrected chi connectivity index (χ0v) is 14.2. The molecule has 0 atom stereocenters. The average molecular weight is 281 g/mol. The molecular weight excluding hydrogens is 250 g/mol. The van der Waals surface area contributed by atoms with Crippen LogP contribution in [0.25, 0.3) is 12.7 Å². The molecule has 0 aliphatic heterocycles. The van der Waals surface area contributed by atoms with E-state index < -0.39 is 0 Å². The molecule has 1 amide bonds. The smallest absolute Gasteiger partial charge is 0.209 e. The lowest BCUT2D eigenvalue weighted by molar-refractivity contribution is -0.117. The average Bonchev–Trinajstić information content (AvgIpc) is 2.83. The van der Waals surface area contributed by atoms with Crippen molar-refractivity contribution in [1.29, 1.82) is 0 Å². The van der Waals surface area contributed by atoms with E-state index in [-0.39, 0.29) is 0 Å². The number of hydrogen-bond donors (Lipinski definition) is 1. The first-order valence-corrected chi connectivity index (χ1v) is 7.01. The minimum absolute atomic E-state index is 0.486. The standard InChI is InChI=1S/C9H13N3O.C3H6.2C2H6/c1-4-8-7(2)10-9(11-8)5-12(3)6-13;1-3-2;2*1-2/h4,6H,2,5H2,1,3H3,(H,10,11);3H,1H2,2H3;2*1-2H3/b8-4+;;;. The van der Waals surface area contributed by atoms with E-state index in [1.807, 2.05) is 47.6 Å². The molecule has 4 nitrogen and oxygen atoms in total. The maximum atomic E-state index is 10.3. The summed E-state index contributed by atoms with van der Waals surface area (Å²) in [5.41, 5.74) is 0. The summed E-state index contributed by atoms with van der Waals surface area (Å²) in [7, 11) is 1.70. The summed E-state index contributed by atoms with van der Waals surface area (Å²) in [5.74, 6) is 0.757. The Balaban J connectivity index is -0.000000355. The molecule has 0 aliphatic rings. The quantitative estimate of drug-likeness (QED) is 0.683. The Hall–Kier alpha value is -1.84. The zero-order chi connectivity index (χ0) is 16.6. The Bertz CT molecular complexity index is 435. The second-order valence-corrected chi connectivity index (χ2v) is 3.26. The second-order valence-electron chi connectivity index (χ2n) is 3.26. The first kappa shape index (κ1) is 23.3. The number of carbonyl (C=O) groups excluding carboxylic acids is 1. The van der Waals surface area contributed by atoms with Crippen LogP contribution in [-0.2, 0) is 11.3 Å². The number of amides is 1. The SMILES string of the molecule is C=CC.C=c1[nH]c(CN(C)C=O)n/c1=C/C.CC.CC. The fourth-order valence-electron chi connectivity index (χ4n) is 1.07. The van der Waals surface area contributed by atoms with Gasteiger partial charge in [-0.2, -0.15) is 0 Å². The van der Waals surface area contributed by atoms with Gasteiger partial charge in [0.25, 0.3) is 0 Å². The van der Waals surface area contributed by atoms with Crippen LogP contribution in [0.15, 0.2) is 12.7 Å². The number of H-pyrrole nitrogens is 1. The number of hydrogen-bond acceptors (Lipinski definition) is 2. The normalized spacial score (nSPS) is 8.85. The molecule has 0 bridgehead atoms. The van der Waals surface area contributed by atoms with Crippen molar-refractivity contribution in [2.45, 2.75) is 48.1 Å². The molecule has 1 rings (SSSR count). The van der Waals surface area contributed by atoms with Crippen LogP contribution in [0.1, 0.15) is 47.4 Å². The van der Waals surface area contributed by atoms with E-state index in [2.05, 4.69) is 23.1 Å². The van der Waals surface area contributed by atoms with Crippen molar-refractivity contribution >= 4 is 19.1 Å². The van der Waals surface area contributed by atoms with E-state index in [4.69, 9.17) is 0 Å². The van der Waals surface area contributed by atoms with Crippen LogP contribution in [0.2, 0.25) is 0 Å². The van der Waals surface area contributed by atoms with Gasteiger partial charge in [0.05, 0.1) is 17.2 Å². The fourth-order valence-corrected chi connectivity index (χ4v) is 1.07. The highest BCUT2D eigenvalue weighted by Crippen LogP contribution is 1.87. The minimum Gasteiger partial charge on any atom is -0.341 e. The molecule has 0 unspecified atom stereocenters. The van der Waals surface area contributed by atoms with Gasteiger partial charge in [0.15, 0.2) is 0 Å². The third-order valence-corrected chi connectivity index (χ3v) is 1.71. The van der Waals surface area contributed by atoms with Crippen LogP contribution in [0.3, 0.4) is 0 Å². The molecule has 116 valence electrons. The molecule has 0 spiro atoms. The first-order chi connectivity index (χ1) is 9.58. The van der Waals surface area contributed by atoms with Gasteiger partial charge >= 0.3 is 0 Å². The van der Waals surface area contributed by atoms with E-state index in [9.17, 15) is 4.79 Å². The molecule has 0 aliphatic carbocycles. The van der Waals surface area contributed by atoms with Crippen LogP contribution in [-0.4, -0.2) is 28.3 Å². The van der Waals surface area contributed by atoms with Crippen molar-refractivity contribution in [3.05, 3.63) is 29.2 Å². The van der Waals surface area contributed by atoms with Crippen LogP contribution >= 0.6 is 0 Å². The predicted octanol–water partition coefficient (Wildman–Crippen LogP) is 2.45. The Morgan fingerprint density at radius 2 is 1.70 bits per heavy atom. The molecule has 1 heterocycles. The van der Waals surface area contributed by atoms with Crippen molar-refractivity contribution in [3.8, 4) is 0 Å². The van der Waals surface area contributed by atoms with E-state index in [0.717, 1.165) is 22.9 Å². The maximum Gasteiger partial charge on any atom is 0.209 e. The van der Waals surface area contributed by atoms with E-state index in [1.165, 1.54) is 4.90 Å². The summed E-state index contributed by atoms with van der Waals surface area (Å²) >= 11 is 0. The molecular formula is C16H31N3O. The van der Waals surface area contributed by atoms with Crippen molar-refractivity contribution in [1.82, 2.24) is 14.9 Å². The third kappa shape index (κ3) is 11.3. The molecule has 0 saturated carbocycles. The van der Waals surface area contributed by atoms with Gasteiger partial charge in [-0.1, -0.05) is 46.4 Å². The Kier molecular flexibility index (Phi) is 20.0. The summed E-state index contributed by atoms with van der Waals surface area (Å²) in [6.07, 6.45) is 4.39. The molecule has 20 heavy (non-hydrogen) atoms. The minimum atomic E-state index is 0.486. The number of carbonyl (C=O) groups is 1. The van der Waals surface area contributed by atoms with E-state index in [0.29, 0.717) is 6.54 Å². The number of nitrogens with zero attached hydrogens (tertiary/aromatic N) is 2. The summed E-state index contributed by atoms with van der Waals surface area (Å²) < 4.78 is 0. The van der Waals surface area contributed by atoms with Gasteiger partial charge in [-0.05, 0) is 13.8 Å². The van der Waals surface area contributed by atoms with Gasteiger partial charge in [0.1, 0.15) is 5.82 Å². The van der Waals surface area contributed by atoms with E-state index >= 15 is 0 Å². The number of aromatic nitrogens is 2. The number of rotatable bonds is 3. The monoisotopic (exact) mass is 281 g/mol. The van der Waals surface area contributed by atoms with Crippen molar-refractivity contribution in [3.63, 3.8) is 0 Å². The van der Waals surface area contributed by atoms with Crippen LogP contribution in [0.4, 0.5) is 0 Å². The largest absolute Gasteiger partial charge is 0.341 e. The molecule has 0 saturated heterocycles. The molecule has 1 aromatic rings. The second kappa shape index (κ2) is 17.2. The van der Waals surface area contributed by atoms with Crippen LogP contribution in [0.5, 0.6) is 0 Å². The first-order valence-electron chi connectivity index (χ1n) is 7.01. The molecule has 4 heteroatoms. The molecule has 0 fully saturated rings. The fraction of sp³-hybridized carbons (Fsp3) is 0.500. The highest BCUT2D eigenvalue weighted by Gasteiger charge is 1.99. The topological polar surface area (TPSA) is 49.0 Å². The van der Waals surface area contributed by atoms with Crippen molar-refractivity contribution in [2.24, 2.45) is 0 Å². The molecule has 0 aromatic carbocycles. The number of imidazole rings is 1. The van der Waals surface area contributed by atoms with Gasteiger partial charge in [-0.3, -0.25) is 4.79 Å². The molecule has 1 aromatic heterocycles. The zero-order valence-electron chi connectivity index (χ0n) is 14.2. The van der Waals surface area contributed by atoms with Gasteiger partial charge < -0.3 is 9.88 Å². The van der Waals surface area contributed by atoms with Crippen LogP contribution < -0.4 is 10.7 Å². The van der Waals surface area contributed by atoms with Gasteiger partial charge in [0.2, 0.25) is 6.41 Å². The molecule has 0 radical (unpaired) electrons. The summed E-state index contributed by atoms with van der Waals surface area (Å²) in [4.78, 5) is 19.1. The maximum absolute atomic E-state index is 10.3. The van der Waals surface area contributed by atoms with Crippen molar-refractivity contribution < 1.29 is 4.79 Å². The van der Waals surface area contributed by atoms with E-state index in [1.54, 1.807) is 13.1 Å². The summed E-state index contributed by atoms with van der Waals surface area (Å²) in [5, 5.41) is 1.63. The number of aromatic amines is 1. The summed E-state index contributed by atoms with van der Waals surface area (Å²) in [6, 6.07) is 0. The predicted molar refractivity (Wildman–Crippen MR) is 89.6 cm³/mol. The lowest BCUT2D eigenvalue weighted by atomic mass is 10.5. The Labute approximate surface area is 123 Å². The Morgan fingerprint density at radius 3 is 2.00 bits per heavy atom. The highest BCUT2D eigenvalue weighted by molar-refractivity contribution is 5.46. The van der Waals surface area contributed by atoms with Gasteiger partial charge in [-0.25, -0.2) is 4.98 Å². The van der Waals surface area contributed by atoms with Gasteiger partial charge in [-0.15, -0.1) is 6.58 Å². The third-order valence-electron chi connectivity index (χ3n) is 1.71. The Morgan fingerprint density at radius 1 is 1.25 bits per heavy atom. The lowest BCUT2D eigenvalue weighted by Crippen LogP contribution is -2.21.